The summed E-state index contributed by atoms with van der Waals surface area (Å²) in [5.41, 5.74) is 18.7. The van der Waals surface area contributed by atoms with E-state index in [1.807, 2.05) is 25.1 Å². The summed E-state index contributed by atoms with van der Waals surface area (Å²) in [6.45, 7) is 1.98. The second-order valence-electron chi connectivity index (χ2n) is 3.63. The minimum Gasteiger partial charge on any atom is -0.399 e. The van der Waals surface area contributed by atoms with Crippen molar-refractivity contribution in [2.45, 2.75) is 17.0 Å². The molecule has 0 aliphatic heterocycles. The molecule has 0 radical (unpaired) electrons. The molecule has 0 amide bonds. The van der Waals surface area contributed by atoms with Gasteiger partial charge in [-0.1, -0.05) is 0 Å². The number of benzene rings is 1. The van der Waals surface area contributed by atoms with Crippen molar-refractivity contribution in [1.29, 1.82) is 0 Å². The molecule has 2 rings (SSSR count). The van der Waals surface area contributed by atoms with Gasteiger partial charge >= 0.3 is 0 Å². The van der Waals surface area contributed by atoms with Gasteiger partial charge in [-0.3, -0.25) is 0 Å². The van der Waals surface area contributed by atoms with E-state index in [0.29, 0.717) is 16.8 Å². The average Bonchev–Trinajstić information content (AvgIpc) is 2.21. The van der Waals surface area contributed by atoms with Crippen LogP contribution in [0.1, 0.15) is 5.56 Å². The first-order valence-corrected chi connectivity index (χ1v) is 5.80. The minimum atomic E-state index is 0.369. The van der Waals surface area contributed by atoms with Gasteiger partial charge in [0.25, 0.3) is 0 Å². The lowest BCUT2D eigenvalue weighted by Gasteiger charge is -2.06. The third kappa shape index (κ3) is 2.79. The first kappa shape index (κ1) is 11.5. The Morgan fingerprint density at radius 3 is 2.24 bits per heavy atom. The molecule has 0 atom stereocenters. The Kier molecular flexibility index (Phi) is 3.06. The standard InChI is InChI=1S/C11H13N5S/c1-6-4-7(12)2-3-8(6)17-11-15-9(13)5-10(14)16-11/h2-5H,12H2,1H3,(H4,13,14,15,16). The molecule has 0 fully saturated rings. The third-order valence-corrected chi connectivity index (χ3v) is 3.19. The highest BCUT2D eigenvalue weighted by Gasteiger charge is 2.05. The lowest BCUT2D eigenvalue weighted by atomic mass is 10.2. The number of nitrogens with two attached hydrogens (primary N) is 3. The van der Waals surface area contributed by atoms with Gasteiger partial charge in [0.2, 0.25) is 0 Å². The zero-order valence-corrected chi connectivity index (χ0v) is 10.2. The highest BCUT2D eigenvalue weighted by atomic mass is 32.2. The fourth-order valence-electron chi connectivity index (χ4n) is 1.39. The molecule has 2 aromatic rings. The molecule has 6 N–H and O–H groups in total. The number of nitrogens with zero attached hydrogens (tertiary/aromatic N) is 2. The summed E-state index contributed by atoms with van der Waals surface area (Å²) in [5.74, 6) is 0.737. The second-order valence-corrected chi connectivity index (χ2v) is 4.64. The van der Waals surface area contributed by atoms with E-state index in [4.69, 9.17) is 17.2 Å². The molecule has 6 heteroatoms. The van der Waals surface area contributed by atoms with Crippen LogP contribution in [-0.4, -0.2) is 9.97 Å². The van der Waals surface area contributed by atoms with Gasteiger partial charge in [0.05, 0.1) is 0 Å². The number of hydrogen-bond acceptors (Lipinski definition) is 6. The van der Waals surface area contributed by atoms with E-state index < -0.39 is 0 Å². The molecule has 88 valence electrons. The largest absolute Gasteiger partial charge is 0.399 e. The number of aryl methyl sites for hydroxylation is 1. The number of rotatable bonds is 2. The number of aromatic nitrogens is 2. The van der Waals surface area contributed by atoms with Gasteiger partial charge in [-0.05, 0) is 42.4 Å². The molecule has 0 bridgehead atoms. The fraction of sp³-hybridized carbons (Fsp3) is 0.0909. The van der Waals surface area contributed by atoms with Crippen LogP contribution < -0.4 is 17.2 Å². The van der Waals surface area contributed by atoms with E-state index in [9.17, 15) is 0 Å². The maximum Gasteiger partial charge on any atom is 0.196 e. The first-order chi connectivity index (χ1) is 8.04. The van der Waals surface area contributed by atoms with E-state index in [1.54, 1.807) is 0 Å². The molecule has 0 saturated carbocycles. The highest BCUT2D eigenvalue weighted by Crippen LogP contribution is 2.29. The van der Waals surface area contributed by atoms with E-state index >= 15 is 0 Å². The molecule has 0 aliphatic rings. The van der Waals surface area contributed by atoms with Crippen LogP contribution in [0.3, 0.4) is 0 Å². The zero-order valence-electron chi connectivity index (χ0n) is 9.34. The zero-order chi connectivity index (χ0) is 12.4. The van der Waals surface area contributed by atoms with Crippen LogP contribution in [-0.2, 0) is 0 Å². The Hall–Kier alpha value is -1.95. The summed E-state index contributed by atoms with van der Waals surface area (Å²) in [6.07, 6.45) is 0. The smallest absolute Gasteiger partial charge is 0.196 e. The van der Waals surface area contributed by atoms with Crippen LogP contribution in [0.25, 0.3) is 0 Å². The van der Waals surface area contributed by atoms with Crippen molar-refractivity contribution in [3.8, 4) is 0 Å². The van der Waals surface area contributed by atoms with Crippen molar-refractivity contribution >= 4 is 29.1 Å². The second kappa shape index (κ2) is 4.50. The van der Waals surface area contributed by atoms with Gasteiger partial charge in [-0.15, -0.1) is 0 Å². The molecule has 0 unspecified atom stereocenters. The van der Waals surface area contributed by atoms with Crippen molar-refractivity contribution in [2.24, 2.45) is 0 Å². The van der Waals surface area contributed by atoms with Crippen LogP contribution in [0, 0.1) is 6.92 Å². The molecule has 17 heavy (non-hydrogen) atoms. The van der Waals surface area contributed by atoms with Gasteiger partial charge in [0.15, 0.2) is 5.16 Å². The molecule has 0 spiro atoms. The SMILES string of the molecule is Cc1cc(N)ccc1Sc1nc(N)cc(N)n1. The van der Waals surface area contributed by atoms with Crippen LogP contribution >= 0.6 is 11.8 Å². The Morgan fingerprint density at radius 1 is 1.00 bits per heavy atom. The van der Waals surface area contributed by atoms with Gasteiger partial charge < -0.3 is 17.2 Å². The summed E-state index contributed by atoms with van der Waals surface area (Å²) >= 11 is 1.41. The molecular weight excluding hydrogens is 234 g/mol. The molecule has 5 nitrogen and oxygen atoms in total. The van der Waals surface area contributed by atoms with Crippen LogP contribution in [0.4, 0.5) is 17.3 Å². The van der Waals surface area contributed by atoms with Crippen LogP contribution in [0.5, 0.6) is 0 Å². The number of anilines is 3. The number of nitrogen functional groups attached to an aromatic ring is 3. The van der Waals surface area contributed by atoms with Crippen molar-refractivity contribution in [2.75, 3.05) is 17.2 Å². The summed E-state index contributed by atoms with van der Waals surface area (Å²) < 4.78 is 0. The number of hydrogen-bond donors (Lipinski definition) is 3. The van der Waals surface area contributed by atoms with Gasteiger partial charge in [-0.2, -0.15) is 0 Å². The Bertz CT molecular complexity index is 535. The molecule has 1 aromatic carbocycles. The lowest BCUT2D eigenvalue weighted by molar-refractivity contribution is 0.983. The highest BCUT2D eigenvalue weighted by molar-refractivity contribution is 7.99. The van der Waals surface area contributed by atoms with Crippen molar-refractivity contribution < 1.29 is 0 Å². The Morgan fingerprint density at radius 2 is 1.65 bits per heavy atom. The molecular formula is C11H13N5S. The van der Waals surface area contributed by atoms with Gasteiger partial charge in [0.1, 0.15) is 11.6 Å². The Balaban J connectivity index is 2.31. The lowest BCUT2D eigenvalue weighted by Crippen LogP contribution is -1.99. The molecule has 1 aromatic heterocycles. The van der Waals surface area contributed by atoms with Crippen LogP contribution in [0.2, 0.25) is 0 Å². The monoisotopic (exact) mass is 247 g/mol. The quantitative estimate of drug-likeness (QED) is 0.551. The first-order valence-electron chi connectivity index (χ1n) is 4.98. The van der Waals surface area contributed by atoms with E-state index in [-0.39, 0.29) is 0 Å². The summed E-state index contributed by atoms with van der Waals surface area (Å²) in [5, 5.41) is 0.537. The van der Waals surface area contributed by atoms with E-state index in [2.05, 4.69) is 9.97 Å². The summed E-state index contributed by atoms with van der Waals surface area (Å²) in [6, 6.07) is 7.20. The molecule has 0 aliphatic carbocycles. The van der Waals surface area contributed by atoms with Crippen LogP contribution in [0.15, 0.2) is 34.3 Å². The van der Waals surface area contributed by atoms with Crippen molar-refractivity contribution in [3.63, 3.8) is 0 Å². The summed E-state index contributed by atoms with van der Waals surface area (Å²) in [7, 11) is 0. The van der Waals surface area contributed by atoms with Gasteiger partial charge in [-0.25, -0.2) is 9.97 Å². The van der Waals surface area contributed by atoms with E-state index in [0.717, 1.165) is 16.1 Å². The predicted molar refractivity (Wildman–Crippen MR) is 70.6 cm³/mol. The van der Waals surface area contributed by atoms with Crippen molar-refractivity contribution in [3.05, 3.63) is 29.8 Å². The van der Waals surface area contributed by atoms with Gasteiger partial charge in [0, 0.05) is 16.6 Å². The fourth-order valence-corrected chi connectivity index (χ4v) is 2.25. The average molecular weight is 247 g/mol. The maximum atomic E-state index is 5.69. The topological polar surface area (TPSA) is 104 Å². The van der Waals surface area contributed by atoms with Crippen molar-refractivity contribution in [1.82, 2.24) is 9.97 Å². The Labute approximate surface area is 103 Å². The predicted octanol–water partition coefficient (Wildman–Crippen LogP) is 1.68. The summed E-state index contributed by atoms with van der Waals surface area (Å²) in [4.78, 5) is 9.25. The third-order valence-electron chi connectivity index (χ3n) is 2.15. The molecule has 1 heterocycles. The maximum absolute atomic E-state index is 5.69. The minimum absolute atomic E-state index is 0.369. The normalized spacial score (nSPS) is 10.4. The van der Waals surface area contributed by atoms with E-state index in [1.165, 1.54) is 17.8 Å². The molecule has 0 saturated heterocycles.